The van der Waals surface area contributed by atoms with E-state index in [2.05, 4.69) is 41.6 Å². The first-order valence-electron chi connectivity index (χ1n) is 8.87. The number of ether oxygens (including phenoxy) is 1. The van der Waals surface area contributed by atoms with Gasteiger partial charge in [0.15, 0.2) is 0 Å². The molecule has 2 aromatic rings. The van der Waals surface area contributed by atoms with Gasteiger partial charge in [0.2, 0.25) is 0 Å². The first kappa shape index (κ1) is 17.7. The maximum Gasteiger partial charge on any atom is 0.255 e. The van der Waals surface area contributed by atoms with Gasteiger partial charge in [-0.2, -0.15) is 5.10 Å². The number of amides is 1. The molecule has 0 radical (unpaired) electrons. The van der Waals surface area contributed by atoms with Crippen LogP contribution in [0, 0.1) is 20.8 Å². The van der Waals surface area contributed by atoms with Crippen LogP contribution in [-0.2, 0) is 17.2 Å². The van der Waals surface area contributed by atoms with Gasteiger partial charge in [-0.25, -0.2) is 0 Å². The van der Waals surface area contributed by atoms with Crippen molar-refractivity contribution >= 4 is 5.91 Å². The fraction of sp³-hybridized carbons (Fsp3) is 0.500. The first-order chi connectivity index (χ1) is 11.9. The van der Waals surface area contributed by atoms with Gasteiger partial charge in [0.05, 0.1) is 11.3 Å². The van der Waals surface area contributed by atoms with Crippen LogP contribution in [-0.4, -0.2) is 35.4 Å². The van der Waals surface area contributed by atoms with Crippen LogP contribution >= 0.6 is 0 Å². The number of hydrogen-bond donors (Lipinski definition) is 1. The predicted molar refractivity (Wildman–Crippen MR) is 97.9 cm³/mol. The van der Waals surface area contributed by atoms with Gasteiger partial charge in [-0.1, -0.05) is 24.3 Å². The Hall–Kier alpha value is -2.14. The lowest BCUT2D eigenvalue weighted by Crippen LogP contribution is -2.45. The molecule has 3 rings (SSSR count). The van der Waals surface area contributed by atoms with E-state index in [1.807, 2.05) is 20.9 Å². The van der Waals surface area contributed by atoms with Gasteiger partial charge in [0, 0.05) is 37.9 Å². The second-order valence-electron chi connectivity index (χ2n) is 7.06. The number of rotatable bonds is 4. The van der Waals surface area contributed by atoms with Crippen molar-refractivity contribution in [2.24, 2.45) is 7.05 Å². The third kappa shape index (κ3) is 3.33. The molecule has 5 heteroatoms. The Labute approximate surface area is 149 Å². The van der Waals surface area contributed by atoms with Crippen LogP contribution in [0.3, 0.4) is 0 Å². The van der Waals surface area contributed by atoms with E-state index in [0.29, 0.717) is 12.1 Å². The lowest BCUT2D eigenvalue weighted by Gasteiger charge is -2.39. The molecule has 0 saturated carbocycles. The number of aryl methyl sites for hydroxylation is 3. The van der Waals surface area contributed by atoms with Crippen molar-refractivity contribution in [1.29, 1.82) is 0 Å². The summed E-state index contributed by atoms with van der Waals surface area (Å²) in [5, 5.41) is 7.53. The number of benzene rings is 1. The molecule has 1 aromatic heterocycles. The Bertz CT molecular complexity index is 773. The molecule has 0 aliphatic carbocycles. The highest BCUT2D eigenvalue weighted by molar-refractivity contribution is 5.96. The summed E-state index contributed by atoms with van der Waals surface area (Å²) in [5.74, 6) is -0.0393. The van der Waals surface area contributed by atoms with E-state index in [1.54, 1.807) is 4.68 Å². The molecule has 5 nitrogen and oxygen atoms in total. The Kier molecular flexibility index (Phi) is 4.95. The normalized spacial score (nSPS) is 16.6. The highest BCUT2D eigenvalue weighted by atomic mass is 16.5. The summed E-state index contributed by atoms with van der Waals surface area (Å²) in [4.78, 5) is 12.8. The minimum Gasteiger partial charge on any atom is -0.381 e. The predicted octanol–water partition coefficient (Wildman–Crippen LogP) is 2.82. The Morgan fingerprint density at radius 2 is 1.92 bits per heavy atom. The van der Waals surface area contributed by atoms with E-state index in [-0.39, 0.29) is 11.3 Å². The molecule has 1 saturated heterocycles. The molecule has 1 aliphatic rings. The maximum absolute atomic E-state index is 12.8. The summed E-state index contributed by atoms with van der Waals surface area (Å²) in [7, 11) is 1.87. The summed E-state index contributed by atoms with van der Waals surface area (Å²) in [5.41, 5.74) is 4.88. The first-order valence-corrected chi connectivity index (χ1v) is 8.87. The molecule has 2 heterocycles. The largest absolute Gasteiger partial charge is 0.381 e. The molecular formula is C20H27N3O2. The zero-order valence-corrected chi connectivity index (χ0v) is 15.6. The third-order valence-electron chi connectivity index (χ3n) is 5.49. The molecule has 0 atom stereocenters. The van der Waals surface area contributed by atoms with E-state index in [1.165, 1.54) is 11.1 Å². The van der Waals surface area contributed by atoms with Crippen LogP contribution in [0.4, 0.5) is 0 Å². The smallest absolute Gasteiger partial charge is 0.255 e. The van der Waals surface area contributed by atoms with Gasteiger partial charge in [0.1, 0.15) is 0 Å². The van der Waals surface area contributed by atoms with Crippen LogP contribution in [0.2, 0.25) is 0 Å². The van der Waals surface area contributed by atoms with Crippen molar-refractivity contribution in [1.82, 2.24) is 15.1 Å². The highest BCUT2D eigenvalue weighted by Crippen LogP contribution is 2.36. The lowest BCUT2D eigenvalue weighted by atomic mass is 9.72. The molecule has 0 bridgehead atoms. The number of aromatic nitrogens is 2. The molecule has 0 spiro atoms. The molecular weight excluding hydrogens is 314 g/mol. The second-order valence-corrected chi connectivity index (χ2v) is 7.06. The number of carbonyl (C=O) groups excluding carboxylic acids is 1. The van der Waals surface area contributed by atoms with Gasteiger partial charge in [-0.05, 0) is 44.7 Å². The Morgan fingerprint density at radius 3 is 2.52 bits per heavy atom. The van der Waals surface area contributed by atoms with Crippen LogP contribution in [0.25, 0.3) is 0 Å². The fourth-order valence-corrected chi connectivity index (χ4v) is 3.91. The SMILES string of the molecule is Cc1ccccc1C1(CNC(=O)c2c(C)nn(C)c2C)CCOCC1. The standard InChI is InChI=1S/C20H27N3O2/c1-14-7-5-6-8-17(14)20(9-11-25-12-10-20)13-21-19(24)18-15(2)22-23(4)16(18)3/h5-8H,9-13H2,1-4H3,(H,21,24). The van der Waals surface area contributed by atoms with Crippen LogP contribution in [0.1, 0.15) is 45.7 Å². The number of nitrogens with zero attached hydrogens (tertiary/aromatic N) is 2. The van der Waals surface area contributed by atoms with Crippen molar-refractivity contribution in [3.05, 3.63) is 52.3 Å². The van der Waals surface area contributed by atoms with Crippen LogP contribution < -0.4 is 5.32 Å². The topological polar surface area (TPSA) is 56.2 Å². The third-order valence-corrected chi connectivity index (χ3v) is 5.49. The molecule has 25 heavy (non-hydrogen) atoms. The molecule has 134 valence electrons. The summed E-state index contributed by atoms with van der Waals surface area (Å²) < 4.78 is 7.35. The van der Waals surface area contributed by atoms with Crippen LogP contribution in [0.5, 0.6) is 0 Å². The summed E-state index contributed by atoms with van der Waals surface area (Å²) in [6, 6.07) is 8.47. The molecule has 0 unspecified atom stereocenters. The zero-order valence-electron chi connectivity index (χ0n) is 15.6. The quantitative estimate of drug-likeness (QED) is 0.930. The summed E-state index contributed by atoms with van der Waals surface area (Å²) in [6.07, 6.45) is 1.84. The summed E-state index contributed by atoms with van der Waals surface area (Å²) in [6.45, 7) is 8.04. The Morgan fingerprint density at radius 1 is 1.24 bits per heavy atom. The monoisotopic (exact) mass is 341 g/mol. The number of hydrogen-bond acceptors (Lipinski definition) is 3. The van der Waals surface area contributed by atoms with Gasteiger partial charge >= 0.3 is 0 Å². The molecule has 1 amide bonds. The minimum atomic E-state index is -0.0662. The van der Waals surface area contributed by atoms with E-state index in [0.717, 1.165) is 37.4 Å². The van der Waals surface area contributed by atoms with E-state index in [4.69, 9.17) is 4.74 Å². The maximum atomic E-state index is 12.8. The van der Waals surface area contributed by atoms with Gasteiger partial charge in [0.25, 0.3) is 5.91 Å². The highest BCUT2D eigenvalue weighted by Gasteiger charge is 2.36. The number of nitrogens with one attached hydrogen (secondary N) is 1. The van der Waals surface area contributed by atoms with Gasteiger partial charge in [-0.3, -0.25) is 9.48 Å². The number of carbonyl (C=O) groups is 1. The average molecular weight is 341 g/mol. The molecule has 1 N–H and O–H groups in total. The van der Waals surface area contributed by atoms with Crippen molar-refractivity contribution < 1.29 is 9.53 Å². The van der Waals surface area contributed by atoms with Crippen molar-refractivity contribution in [2.45, 2.75) is 39.0 Å². The van der Waals surface area contributed by atoms with E-state index >= 15 is 0 Å². The van der Waals surface area contributed by atoms with E-state index in [9.17, 15) is 4.79 Å². The minimum absolute atomic E-state index is 0.0393. The Balaban J connectivity index is 1.85. The summed E-state index contributed by atoms with van der Waals surface area (Å²) >= 11 is 0. The van der Waals surface area contributed by atoms with Crippen molar-refractivity contribution in [2.75, 3.05) is 19.8 Å². The second kappa shape index (κ2) is 7.00. The van der Waals surface area contributed by atoms with Gasteiger partial charge in [-0.15, -0.1) is 0 Å². The average Bonchev–Trinajstić information content (AvgIpc) is 2.86. The molecule has 1 aliphatic heterocycles. The van der Waals surface area contributed by atoms with Crippen LogP contribution in [0.15, 0.2) is 24.3 Å². The zero-order chi connectivity index (χ0) is 18.0. The van der Waals surface area contributed by atoms with Crippen molar-refractivity contribution in [3.8, 4) is 0 Å². The lowest BCUT2D eigenvalue weighted by molar-refractivity contribution is 0.0485. The molecule has 1 fully saturated rings. The molecule has 1 aromatic carbocycles. The van der Waals surface area contributed by atoms with Gasteiger partial charge < -0.3 is 10.1 Å². The van der Waals surface area contributed by atoms with Crippen molar-refractivity contribution in [3.63, 3.8) is 0 Å². The fourth-order valence-electron chi connectivity index (χ4n) is 3.91. The van der Waals surface area contributed by atoms with E-state index < -0.39 is 0 Å².